The highest BCUT2D eigenvalue weighted by Crippen LogP contribution is 2.32. The van der Waals surface area contributed by atoms with Crippen LogP contribution >= 0.6 is 31.9 Å². The van der Waals surface area contributed by atoms with Crippen molar-refractivity contribution in [1.29, 1.82) is 0 Å². The Morgan fingerprint density at radius 1 is 1.00 bits per heavy atom. The summed E-state index contributed by atoms with van der Waals surface area (Å²) >= 11 is 6.74. The minimum absolute atomic E-state index is 0.0133. The Morgan fingerprint density at radius 3 is 2.33 bits per heavy atom. The Hall–Kier alpha value is -2.84. The second-order valence-corrected chi connectivity index (χ2v) is 10.0. The van der Waals surface area contributed by atoms with Crippen LogP contribution < -0.4 is 10.2 Å². The van der Waals surface area contributed by atoms with Gasteiger partial charge < -0.3 is 4.74 Å². The fourth-order valence-electron chi connectivity index (χ4n) is 2.90. The number of hydrogen-bond acceptors (Lipinski definition) is 4. The van der Waals surface area contributed by atoms with Gasteiger partial charge in [0, 0.05) is 15.6 Å². The van der Waals surface area contributed by atoms with E-state index >= 15 is 0 Å². The highest BCUT2D eigenvalue weighted by atomic mass is 79.9. The largest absolute Gasteiger partial charge is 0.421 e. The molecule has 3 rings (SSSR count). The maximum absolute atomic E-state index is 13.5. The standard InChI is InChI=1S/C25H21Br2FN2O3/c1-25(2,3)18-9-7-15(8-10-18)23(31)30-29-14-17-11-19(26)13-21(27)22(17)33-24(32)16-5-4-6-20(28)12-16/h4-14H,1-3H3,(H,30,31)/b29-14-. The molecule has 0 aliphatic heterocycles. The van der Waals surface area contributed by atoms with E-state index in [-0.39, 0.29) is 22.6 Å². The Labute approximate surface area is 208 Å². The predicted molar refractivity (Wildman–Crippen MR) is 133 cm³/mol. The van der Waals surface area contributed by atoms with Crippen LogP contribution in [-0.2, 0) is 5.41 Å². The molecule has 0 bridgehead atoms. The van der Waals surface area contributed by atoms with Crippen LogP contribution in [0.4, 0.5) is 4.39 Å². The van der Waals surface area contributed by atoms with Crippen LogP contribution in [0.15, 0.2) is 74.7 Å². The number of ether oxygens (including phenoxy) is 1. The van der Waals surface area contributed by atoms with E-state index in [2.05, 4.69) is 63.2 Å². The Balaban J connectivity index is 1.77. The number of carbonyl (C=O) groups is 2. The molecule has 0 fully saturated rings. The Bertz CT molecular complexity index is 1220. The van der Waals surface area contributed by atoms with Crippen molar-refractivity contribution in [3.8, 4) is 5.75 Å². The number of hydrogen-bond donors (Lipinski definition) is 1. The second-order valence-electron chi connectivity index (χ2n) is 8.23. The van der Waals surface area contributed by atoms with E-state index in [1.54, 1.807) is 24.3 Å². The lowest BCUT2D eigenvalue weighted by Crippen LogP contribution is -2.18. The monoisotopic (exact) mass is 574 g/mol. The molecule has 0 radical (unpaired) electrons. The number of nitrogens with one attached hydrogen (secondary N) is 1. The van der Waals surface area contributed by atoms with Crippen molar-refractivity contribution in [1.82, 2.24) is 5.43 Å². The van der Waals surface area contributed by atoms with Crippen LogP contribution in [0.25, 0.3) is 0 Å². The molecule has 5 nitrogen and oxygen atoms in total. The molecular formula is C25H21Br2FN2O3. The molecule has 8 heteroatoms. The SMILES string of the molecule is CC(C)(C)c1ccc(C(=O)N/N=C\c2cc(Br)cc(Br)c2OC(=O)c2cccc(F)c2)cc1. The van der Waals surface area contributed by atoms with Crippen molar-refractivity contribution >= 4 is 50.0 Å². The summed E-state index contributed by atoms with van der Waals surface area (Å²) in [6.07, 6.45) is 1.37. The van der Waals surface area contributed by atoms with E-state index in [0.29, 0.717) is 20.1 Å². The van der Waals surface area contributed by atoms with Crippen LogP contribution in [0.1, 0.15) is 52.6 Å². The number of amides is 1. The number of halogens is 3. The number of rotatable bonds is 5. The second kappa shape index (κ2) is 10.4. The van der Waals surface area contributed by atoms with Crippen molar-refractivity contribution in [3.05, 3.63) is 97.7 Å². The van der Waals surface area contributed by atoms with Gasteiger partial charge in [0.2, 0.25) is 0 Å². The van der Waals surface area contributed by atoms with Crippen molar-refractivity contribution in [2.45, 2.75) is 26.2 Å². The number of hydrazone groups is 1. The molecule has 0 aromatic heterocycles. The van der Waals surface area contributed by atoms with Gasteiger partial charge in [-0.1, -0.05) is 54.9 Å². The summed E-state index contributed by atoms with van der Waals surface area (Å²) in [7, 11) is 0. The topological polar surface area (TPSA) is 67.8 Å². The van der Waals surface area contributed by atoms with Gasteiger partial charge in [-0.2, -0.15) is 5.10 Å². The first-order valence-corrected chi connectivity index (χ1v) is 11.5. The molecule has 33 heavy (non-hydrogen) atoms. The Morgan fingerprint density at radius 2 is 1.70 bits per heavy atom. The number of carbonyl (C=O) groups excluding carboxylic acids is 2. The summed E-state index contributed by atoms with van der Waals surface area (Å²) < 4.78 is 20.1. The van der Waals surface area contributed by atoms with E-state index in [0.717, 1.165) is 11.6 Å². The van der Waals surface area contributed by atoms with Crippen LogP contribution in [0.2, 0.25) is 0 Å². The fraction of sp³-hybridized carbons (Fsp3) is 0.160. The molecule has 0 saturated carbocycles. The minimum atomic E-state index is -0.727. The molecule has 0 aliphatic rings. The van der Waals surface area contributed by atoms with E-state index in [1.807, 2.05) is 12.1 Å². The van der Waals surface area contributed by atoms with Crippen LogP contribution in [0, 0.1) is 5.82 Å². The van der Waals surface area contributed by atoms with E-state index < -0.39 is 11.8 Å². The summed E-state index contributed by atoms with van der Waals surface area (Å²) in [5.74, 6) is -1.46. The molecule has 3 aromatic rings. The summed E-state index contributed by atoms with van der Waals surface area (Å²) in [5, 5.41) is 4.01. The van der Waals surface area contributed by atoms with E-state index in [9.17, 15) is 14.0 Å². The summed E-state index contributed by atoms with van der Waals surface area (Å²) in [4.78, 5) is 24.9. The van der Waals surface area contributed by atoms with Crippen molar-refractivity contribution in [2.75, 3.05) is 0 Å². The highest BCUT2D eigenvalue weighted by Gasteiger charge is 2.17. The molecule has 3 aromatic carbocycles. The lowest BCUT2D eigenvalue weighted by molar-refractivity contribution is 0.0732. The maximum atomic E-state index is 13.5. The van der Waals surface area contributed by atoms with Crippen LogP contribution in [0.5, 0.6) is 5.75 Å². The van der Waals surface area contributed by atoms with Gasteiger partial charge in [0.1, 0.15) is 5.82 Å². The zero-order valence-corrected chi connectivity index (χ0v) is 21.3. The molecule has 1 amide bonds. The van der Waals surface area contributed by atoms with Gasteiger partial charge in [-0.3, -0.25) is 4.79 Å². The third-order valence-corrected chi connectivity index (χ3v) is 5.72. The summed E-state index contributed by atoms with van der Waals surface area (Å²) in [5.41, 5.74) is 4.53. The first-order valence-electron chi connectivity index (χ1n) is 9.95. The van der Waals surface area contributed by atoms with Gasteiger partial charge >= 0.3 is 5.97 Å². The lowest BCUT2D eigenvalue weighted by atomic mass is 9.87. The average Bonchev–Trinajstić information content (AvgIpc) is 2.75. The molecule has 0 atom stereocenters. The van der Waals surface area contributed by atoms with Crippen LogP contribution in [0.3, 0.4) is 0 Å². The molecule has 0 unspecified atom stereocenters. The third-order valence-electron chi connectivity index (χ3n) is 4.68. The van der Waals surface area contributed by atoms with Gasteiger partial charge in [0.25, 0.3) is 5.91 Å². The predicted octanol–water partition coefficient (Wildman–Crippen LogP) is 6.63. The van der Waals surface area contributed by atoms with Gasteiger partial charge in [-0.25, -0.2) is 14.6 Å². The van der Waals surface area contributed by atoms with E-state index in [4.69, 9.17) is 4.74 Å². The van der Waals surface area contributed by atoms with Crippen molar-refractivity contribution in [3.63, 3.8) is 0 Å². The first kappa shape index (κ1) is 24.8. The molecule has 0 heterocycles. The van der Waals surface area contributed by atoms with Gasteiger partial charge in [-0.15, -0.1) is 0 Å². The lowest BCUT2D eigenvalue weighted by Gasteiger charge is -2.18. The molecule has 0 spiro atoms. The molecule has 0 aliphatic carbocycles. The van der Waals surface area contributed by atoms with Gasteiger partial charge in [0.15, 0.2) is 5.75 Å². The highest BCUT2D eigenvalue weighted by molar-refractivity contribution is 9.11. The molecule has 1 N–H and O–H groups in total. The molecule has 0 saturated heterocycles. The Kier molecular flexibility index (Phi) is 7.81. The van der Waals surface area contributed by atoms with Gasteiger partial charge in [-0.05, 0) is 69.4 Å². The third kappa shape index (κ3) is 6.58. The molecule has 170 valence electrons. The summed E-state index contributed by atoms with van der Waals surface area (Å²) in [6.45, 7) is 6.30. The zero-order valence-electron chi connectivity index (χ0n) is 18.2. The average molecular weight is 576 g/mol. The van der Waals surface area contributed by atoms with Crippen LogP contribution in [-0.4, -0.2) is 18.1 Å². The smallest absolute Gasteiger partial charge is 0.343 e. The maximum Gasteiger partial charge on any atom is 0.343 e. The number of esters is 1. The minimum Gasteiger partial charge on any atom is -0.421 e. The van der Waals surface area contributed by atoms with Crippen molar-refractivity contribution in [2.24, 2.45) is 5.10 Å². The summed E-state index contributed by atoms with van der Waals surface area (Å²) in [6, 6.07) is 15.9. The number of benzene rings is 3. The fourth-order valence-corrected chi connectivity index (χ4v) is 4.24. The van der Waals surface area contributed by atoms with Gasteiger partial charge in [0.05, 0.1) is 16.3 Å². The van der Waals surface area contributed by atoms with Crippen molar-refractivity contribution < 1.29 is 18.7 Å². The zero-order chi connectivity index (χ0) is 24.2. The van der Waals surface area contributed by atoms with E-state index in [1.165, 1.54) is 24.4 Å². The quantitative estimate of drug-likeness (QED) is 0.161. The molecular weight excluding hydrogens is 555 g/mol. The normalized spacial score (nSPS) is 11.5. The number of nitrogens with zero attached hydrogens (tertiary/aromatic N) is 1. The first-order chi connectivity index (χ1) is 15.5.